The van der Waals surface area contributed by atoms with E-state index in [-0.39, 0.29) is 32.0 Å². The van der Waals surface area contributed by atoms with Crippen LogP contribution in [0.3, 0.4) is 0 Å². The Labute approximate surface area is 532 Å². The first-order valence-corrected chi connectivity index (χ1v) is 37.8. The number of quaternary nitrogens is 1. The van der Waals surface area contributed by atoms with Gasteiger partial charge in [-0.3, -0.25) is 18.6 Å². The molecule has 0 aromatic carbocycles. The molecule has 10 heteroatoms. The molecule has 0 amide bonds. The van der Waals surface area contributed by atoms with E-state index < -0.39 is 26.5 Å². The maximum absolute atomic E-state index is 12.9. The first-order chi connectivity index (χ1) is 42.0. The molecule has 0 saturated carbocycles. The normalized spacial score (nSPS) is 13.6. The number of likely N-dealkylation sites (N-methyl/N-ethyl adjacent to an activating group) is 1. The number of hydrogen-bond acceptors (Lipinski definition) is 7. The van der Waals surface area contributed by atoms with Gasteiger partial charge in [0.2, 0.25) is 0 Å². The van der Waals surface area contributed by atoms with Gasteiger partial charge in [-0.1, -0.05) is 317 Å². The van der Waals surface area contributed by atoms with Crippen LogP contribution >= 0.6 is 7.82 Å². The number of phosphoric ester groups is 1. The molecule has 0 heterocycles. The van der Waals surface area contributed by atoms with E-state index in [1.54, 1.807) is 0 Å². The fourth-order valence-corrected chi connectivity index (χ4v) is 11.1. The predicted molar refractivity (Wildman–Crippen MR) is 372 cm³/mol. The zero-order valence-corrected chi connectivity index (χ0v) is 57.9. The minimum atomic E-state index is -4.40. The highest BCUT2D eigenvalue weighted by Gasteiger charge is 2.27. The van der Waals surface area contributed by atoms with Crippen molar-refractivity contribution in [1.29, 1.82) is 0 Å². The number of phosphoric acid groups is 1. The van der Waals surface area contributed by atoms with Crippen molar-refractivity contribution >= 4 is 19.8 Å². The van der Waals surface area contributed by atoms with Crippen molar-refractivity contribution in [1.82, 2.24) is 0 Å². The van der Waals surface area contributed by atoms with Gasteiger partial charge in [0, 0.05) is 12.8 Å². The van der Waals surface area contributed by atoms with Crippen molar-refractivity contribution < 1.29 is 42.1 Å². The third-order valence-corrected chi connectivity index (χ3v) is 16.9. The van der Waals surface area contributed by atoms with E-state index in [1.807, 2.05) is 21.1 Å². The standard InChI is InChI=1S/C76H138NO8P/c1-6-8-10-12-14-16-18-20-22-24-26-28-30-31-32-33-34-35-36-37-38-39-40-41-42-43-44-45-47-48-50-52-54-56-58-60-62-64-66-68-75(78)82-72-74(73-84-86(80,81)83-71-70-77(3,4)5)85-76(79)69-67-65-63-61-59-57-55-53-51-49-46-29-27-25-23-21-19-17-15-13-11-9-7-2/h9,11,15,17-18,20-21,23-24,26-27,29,49,51,74H,6-8,10,12-14,16,19,22,25,28,30-48,50,52-73H2,1-5H3/p+1/b11-9-,17-15-,20-18-,23-21-,26-24-,29-27-,51-49-. The Balaban J connectivity index is 3.94. The molecule has 0 spiro atoms. The fraction of sp³-hybridized carbons (Fsp3) is 0.789. The predicted octanol–water partition coefficient (Wildman–Crippen LogP) is 23.7. The second kappa shape index (κ2) is 66.6. The minimum Gasteiger partial charge on any atom is -0.462 e. The maximum Gasteiger partial charge on any atom is 0.472 e. The molecule has 0 bridgehead atoms. The number of nitrogens with zero attached hydrogens (tertiary/aromatic N) is 1. The van der Waals surface area contributed by atoms with Gasteiger partial charge in [0.25, 0.3) is 0 Å². The molecule has 86 heavy (non-hydrogen) atoms. The van der Waals surface area contributed by atoms with Crippen molar-refractivity contribution in [2.75, 3.05) is 47.5 Å². The number of allylic oxidation sites excluding steroid dienone is 14. The summed E-state index contributed by atoms with van der Waals surface area (Å²) >= 11 is 0. The van der Waals surface area contributed by atoms with Gasteiger partial charge in [-0.15, -0.1) is 0 Å². The van der Waals surface area contributed by atoms with Crippen LogP contribution in [0.15, 0.2) is 85.1 Å². The van der Waals surface area contributed by atoms with Gasteiger partial charge < -0.3 is 18.9 Å². The highest BCUT2D eigenvalue weighted by molar-refractivity contribution is 7.47. The quantitative estimate of drug-likeness (QED) is 0.0211. The van der Waals surface area contributed by atoms with E-state index in [2.05, 4.69) is 98.9 Å². The molecule has 1 N–H and O–H groups in total. The molecule has 2 unspecified atom stereocenters. The summed E-state index contributed by atoms with van der Waals surface area (Å²) in [5, 5.41) is 0. The summed E-state index contributed by atoms with van der Waals surface area (Å²) in [6.45, 7) is 4.33. The Kier molecular flexibility index (Phi) is 64.4. The lowest BCUT2D eigenvalue weighted by molar-refractivity contribution is -0.870. The van der Waals surface area contributed by atoms with Crippen LogP contribution in [0.5, 0.6) is 0 Å². The zero-order chi connectivity index (χ0) is 62.6. The summed E-state index contributed by atoms with van der Waals surface area (Å²) in [4.78, 5) is 35.9. The van der Waals surface area contributed by atoms with Gasteiger partial charge in [-0.2, -0.15) is 0 Å². The number of unbranched alkanes of at least 4 members (excludes halogenated alkanes) is 39. The Hall–Kier alpha value is -2.81. The molecule has 0 aromatic heterocycles. The molecule has 0 aliphatic rings. The topological polar surface area (TPSA) is 108 Å². The lowest BCUT2D eigenvalue weighted by Gasteiger charge is -2.24. The van der Waals surface area contributed by atoms with Crippen LogP contribution in [0.1, 0.15) is 335 Å². The molecule has 9 nitrogen and oxygen atoms in total. The molecule has 0 saturated heterocycles. The Morgan fingerprint density at radius 1 is 0.372 bits per heavy atom. The first-order valence-electron chi connectivity index (χ1n) is 36.3. The van der Waals surface area contributed by atoms with Crippen molar-refractivity contribution in [3.63, 3.8) is 0 Å². The molecule has 0 rings (SSSR count). The third-order valence-electron chi connectivity index (χ3n) is 15.9. The van der Waals surface area contributed by atoms with Gasteiger partial charge >= 0.3 is 19.8 Å². The van der Waals surface area contributed by atoms with Crippen LogP contribution in [0, 0.1) is 0 Å². The summed E-state index contributed by atoms with van der Waals surface area (Å²) in [5.41, 5.74) is 0. The minimum absolute atomic E-state index is 0.0274. The van der Waals surface area contributed by atoms with Crippen LogP contribution < -0.4 is 0 Å². The van der Waals surface area contributed by atoms with Crippen molar-refractivity contribution in [3.8, 4) is 0 Å². The lowest BCUT2D eigenvalue weighted by Crippen LogP contribution is -2.37. The third kappa shape index (κ3) is 70.3. The number of ether oxygens (including phenoxy) is 2. The molecule has 2 atom stereocenters. The highest BCUT2D eigenvalue weighted by atomic mass is 31.2. The van der Waals surface area contributed by atoms with E-state index in [4.69, 9.17) is 18.5 Å². The largest absolute Gasteiger partial charge is 0.472 e. The van der Waals surface area contributed by atoms with Crippen LogP contribution in [0.2, 0.25) is 0 Å². The van der Waals surface area contributed by atoms with Crippen LogP contribution in [0.4, 0.5) is 0 Å². The summed E-state index contributed by atoms with van der Waals surface area (Å²) in [5.74, 6) is -0.800. The van der Waals surface area contributed by atoms with Gasteiger partial charge in [-0.05, 0) is 89.9 Å². The number of esters is 2. The zero-order valence-electron chi connectivity index (χ0n) is 57.0. The number of carbonyl (C=O) groups excluding carboxylic acids is 2. The van der Waals surface area contributed by atoms with E-state index in [9.17, 15) is 19.0 Å². The van der Waals surface area contributed by atoms with Gasteiger partial charge in [-0.25, -0.2) is 4.57 Å². The first kappa shape index (κ1) is 83.2. The fourth-order valence-electron chi connectivity index (χ4n) is 10.4. The Morgan fingerprint density at radius 2 is 0.663 bits per heavy atom. The molecule has 0 aromatic rings. The highest BCUT2D eigenvalue weighted by Crippen LogP contribution is 2.43. The summed E-state index contributed by atoms with van der Waals surface area (Å²) in [6, 6.07) is 0. The second-order valence-corrected chi connectivity index (χ2v) is 27.0. The average Bonchev–Trinajstić information content (AvgIpc) is 3.56. The van der Waals surface area contributed by atoms with Gasteiger partial charge in [0.05, 0.1) is 27.7 Å². The van der Waals surface area contributed by atoms with Gasteiger partial charge in [0.15, 0.2) is 6.10 Å². The maximum atomic E-state index is 12.9. The number of carbonyl (C=O) groups is 2. The summed E-state index contributed by atoms with van der Waals surface area (Å²) in [7, 11) is 1.47. The molecule has 0 fully saturated rings. The molecular formula is C76H139NO8P+. The van der Waals surface area contributed by atoms with Crippen LogP contribution in [-0.4, -0.2) is 74.9 Å². The Bertz CT molecular complexity index is 1730. The van der Waals surface area contributed by atoms with Crippen molar-refractivity contribution in [2.45, 2.75) is 341 Å². The number of rotatable bonds is 67. The summed E-state index contributed by atoms with van der Waals surface area (Å²) in [6.07, 6.45) is 91.4. The second-order valence-electron chi connectivity index (χ2n) is 25.6. The summed E-state index contributed by atoms with van der Waals surface area (Å²) < 4.78 is 34.7. The molecule has 500 valence electrons. The molecule has 0 aliphatic carbocycles. The van der Waals surface area contributed by atoms with E-state index in [0.717, 1.165) is 83.5 Å². The number of hydrogen-bond donors (Lipinski definition) is 1. The molecule has 0 radical (unpaired) electrons. The van der Waals surface area contributed by atoms with Gasteiger partial charge in [0.1, 0.15) is 19.8 Å². The van der Waals surface area contributed by atoms with Crippen LogP contribution in [0.25, 0.3) is 0 Å². The van der Waals surface area contributed by atoms with Crippen molar-refractivity contribution in [3.05, 3.63) is 85.1 Å². The molecule has 0 aliphatic heterocycles. The smallest absolute Gasteiger partial charge is 0.462 e. The lowest BCUT2D eigenvalue weighted by atomic mass is 10.0. The average molecular weight is 1230 g/mol. The SMILES string of the molecule is CC/C=C\C/C=C\C/C=C\C/C=C\C/C=C\CCCCCCCCCC(=O)OC(COC(=O)CCCCCCCCCCCCCCCCCCCCCCCCCCCCC/C=C\C/C=C\CCCCCCC)COP(=O)(O)OCC[N+](C)(C)C. The Morgan fingerprint density at radius 3 is 0.988 bits per heavy atom. The van der Waals surface area contributed by atoms with E-state index >= 15 is 0 Å². The van der Waals surface area contributed by atoms with E-state index in [1.165, 1.54) is 218 Å². The molecular weight excluding hydrogens is 1090 g/mol. The van der Waals surface area contributed by atoms with Crippen molar-refractivity contribution in [2.24, 2.45) is 0 Å². The van der Waals surface area contributed by atoms with E-state index in [0.29, 0.717) is 17.4 Å². The monoisotopic (exact) mass is 1230 g/mol. The van der Waals surface area contributed by atoms with Crippen LogP contribution in [-0.2, 0) is 32.7 Å².